The zero-order valence-electron chi connectivity index (χ0n) is 6.16. The second-order valence-corrected chi connectivity index (χ2v) is 2.35. The first-order valence-electron chi connectivity index (χ1n) is 3.07. The maximum atomic E-state index is 10.2. The first-order valence-corrected chi connectivity index (χ1v) is 3.07. The fourth-order valence-electron chi connectivity index (χ4n) is 0.435. The molecule has 0 saturated carbocycles. The molecule has 10 heavy (non-hydrogen) atoms. The third-order valence-corrected chi connectivity index (χ3v) is 1.21. The van der Waals surface area contributed by atoms with Gasteiger partial charge in [-0.2, -0.15) is 0 Å². The Kier molecular flexibility index (Phi) is 3.09. The summed E-state index contributed by atoms with van der Waals surface area (Å²) < 4.78 is 0. The summed E-state index contributed by atoms with van der Waals surface area (Å²) >= 11 is 0. The van der Waals surface area contributed by atoms with Crippen LogP contribution < -0.4 is 0 Å². The number of rotatable bonds is 3. The molecule has 0 bridgehead atoms. The highest BCUT2D eigenvalue weighted by Gasteiger charge is 2.27. The van der Waals surface area contributed by atoms with E-state index in [1.165, 1.54) is 6.92 Å². The van der Waals surface area contributed by atoms with Crippen LogP contribution in [0.1, 0.15) is 20.3 Å². The van der Waals surface area contributed by atoms with Gasteiger partial charge in [0.15, 0.2) is 5.60 Å². The fraction of sp³-hybridized carbons (Fsp3) is 0.571. The van der Waals surface area contributed by atoms with Crippen LogP contribution in [0.15, 0.2) is 12.2 Å². The lowest BCUT2D eigenvalue weighted by molar-refractivity contribution is -0.156. The minimum Gasteiger partial charge on any atom is -0.479 e. The molecule has 0 aliphatic rings. The van der Waals surface area contributed by atoms with Crippen molar-refractivity contribution in [3.63, 3.8) is 0 Å². The normalized spacial score (nSPS) is 17.1. The van der Waals surface area contributed by atoms with Gasteiger partial charge < -0.3 is 10.2 Å². The quantitative estimate of drug-likeness (QED) is 0.576. The minimum absolute atomic E-state index is 0.152. The summed E-state index contributed by atoms with van der Waals surface area (Å²) in [6.07, 6.45) is 3.48. The maximum Gasteiger partial charge on any atom is 0.335 e. The average Bonchev–Trinajstić information content (AvgIpc) is 1.84. The third kappa shape index (κ3) is 2.64. The number of hydrogen-bond acceptors (Lipinski definition) is 2. The minimum atomic E-state index is -1.62. The van der Waals surface area contributed by atoms with Crippen LogP contribution in [0.5, 0.6) is 0 Å². The van der Waals surface area contributed by atoms with Crippen molar-refractivity contribution in [1.29, 1.82) is 0 Å². The molecule has 0 aliphatic carbocycles. The number of carboxylic acids is 1. The van der Waals surface area contributed by atoms with Crippen LogP contribution >= 0.6 is 0 Å². The van der Waals surface area contributed by atoms with E-state index in [1.807, 2.05) is 0 Å². The van der Waals surface area contributed by atoms with Crippen molar-refractivity contribution >= 4 is 5.97 Å². The molecular weight excluding hydrogens is 132 g/mol. The van der Waals surface area contributed by atoms with E-state index in [-0.39, 0.29) is 6.42 Å². The molecule has 0 aromatic carbocycles. The number of allylic oxidation sites excluding steroid dienone is 1. The van der Waals surface area contributed by atoms with Gasteiger partial charge in [0.2, 0.25) is 0 Å². The van der Waals surface area contributed by atoms with E-state index < -0.39 is 11.6 Å². The summed E-state index contributed by atoms with van der Waals surface area (Å²) in [7, 11) is 0. The first kappa shape index (κ1) is 9.17. The van der Waals surface area contributed by atoms with E-state index in [4.69, 9.17) is 10.2 Å². The predicted octanol–water partition coefficient (Wildman–Crippen LogP) is 0.788. The molecular formula is C7H12O3. The molecule has 3 heteroatoms. The van der Waals surface area contributed by atoms with Crippen LogP contribution in [0.4, 0.5) is 0 Å². The van der Waals surface area contributed by atoms with Gasteiger partial charge >= 0.3 is 5.97 Å². The van der Waals surface area contributed by atoms with Crippen LogP contribution in [-0.2, 0) is 4.79 Å². The lowest BCUT2D eigenvalue weighted by atomic mass is 10.0. The molecule has 0 aromatic heterocycles. The Bertz CT molecular complexity index is 147. The number of aliphatic hydroxyl groups is 1. The largest absolute Gasteiger partial charge is 0.479 e. The molecule has 0 radical (unpaired) electrons. The van der Waals surface area contributed by atoms with Crippen molar-refractivity contribution in [2.24, 2.45) is 0 Å². The lowest BCUT2D eigenvalue weighted by Crippen LogP contribution is -2.33. The van der Waals surface area contributed by atoms with Gasteiger partial charge in [0, 0.05) is 6.42 Å². The molecule has 0 heterocycles. The van der Waals surface area contributed by atoms with Gasteiger partial charge in [0.05, 0.1) is 0 Å². The van der Waals surface area contributed by atoms with Crippen molar-refractivity contribution in [2.75, 3.05) is 0 Å². The number of hydrogen-bond donors (Lipinski definition) is 2. The summed E-state index contributed by atoms with van der Waals surface area (Å²) in [6.45, 7) is 3.05. The monoisotopic (exact) mass is 144 g/mol. The van der Waals surface area contributed by atoms with Crippen LogP contribution in [0.2, 0.25) is 0 Å². The Morgan fingerprint density at radius 2 is 2.20 bits per heavy atom. The zero-order valence-corrected chi connectivity index (χ0v) is 6.16. The summed E-state index contributed by atoms with van der Waals surface area (Å²) in [5.41, 5.74) is -1.62. The van der Waals surface area contributed by atoms with E-state index in [9.17, 15) is 4.79 Å². The smallest absolute Gasteiger partial charge is 0.335 e. The number of carbonyl (C=O) groups is 1. The van der Waals surface area contributed by atoms with Gasteiger partial charge in [0.1, 0.15) is 0 Å². The van der Waals surface area contributed by atoms with Gasteiger partial charge in [-0.15, -0.1) is 0 Å². The SMILES string of the molecule is C/C=C/C[C@@](C)(O)C(=O)O. The first-order chi connectivity index (χ1) is 4.50. The lowest BCUT2D eigenvalue weighted by Gasteiger charge is -2.14. The summed E-state index contributed by atoms with van der Waals surface area (Å²) in [4.78, 5) is 10.2. The maximum absolute atomic E-state index is 10.2. The summed E-state index contributed by atoms with van der Waals surface area (Å²) in [6, 6.07) is 0. The van der Waals surface area contributed by atoms with Crippen LogP contribution in [0.3, 0.4) is 0 Å². The van der Waals surface area contributed by atoms with Crippen molar-refractivity contribution in [3.8, 4) is 0 Å². The molecule has 0 spiro atoms. The van der Waals surface area contributed by atoms with Crippen molar-refractivity contribution in [1.82, 2.24) is 0 Å². The average molecular weight is 144 g/mol. The molecule has 0 amide bonds. The molecule has 0 unspecified atom stereocenters. The van der Waals surface area contributed by atoms with Gasteiger partial charge in [0.25, 0.3) is 0 Å². The fourth-order valence-corrected chi connectivity index (χ4v) is 0.435. The summed E-state index contributed by atoms with van der Waals surface area (Å²) in [5, 5.41) is 17.5. The molecule has 2 N–H and O–H groups in total. The number of aliphatic carboxylic acids is 1. The predicted molar refractivity (Wildman–Crippen MR) is 37.7 cm³/mol. The van der Waals surface area contributed by atoms with Gasteiger partial charge in [-0.1, -0.05) is 12.2 Å². The van der Waals surface area contributed by atoms with Gasteiger partial charge in [-0.3, -0.25) is 0 Å². The molecule has 0 rings (SSSR count). The van der Waals surface area contributed by atoms with E-state index >= 15 is 0 Å². The summed E-state index contributed by atoms with van der Waals surface area (Å²) in [5.74, 6) is -1.19. The molecule has 0 saturated heterocycles. The highest BCUT2D eigenvalue weighted by molar-refractivity contribution is 5.76. The van der Waals surface area contributed by atoms with Crippen LogP contribution in [-0.4, -0.2) is 21.8 Å². The Labute approximate surface area is 60.0 Å². The number of carboxylic acid groups (broad SMARTS) is 1. The van der Waals surface area contributed by atoms with Crippen LogP contribution in [0, 0.1) is 0 Å². The highest BCUT2D eigenvalue weighted by Crippen LogP contribution is 2.09. The molecule has 58 valence electrons. The van der Waals surface area contributed by atoms with Gasteiger partial charge in [-0.25, -0.2) is 4.79 Å². The molecule has 0 aromatic rings. The second kappa shape index (κ2) is 3.37. The van der Waals surface area contributed by atoms with Crippen molar-refractivity contribution in [3.05, 3.63) is 12.2 Å². The molecule has 1 atom stereocenters. The molecule has 3 nitrogen and oxygen atoms in total. The Morgan fingerprint density at radius 1 is 1.70 bits per heavy atom. The van der Waals surface area contributed by atoms with Crippen molar-refractivity contribution in [2.45, 2.75) is 25.9 Å². The van der Waals surface area contributed by atoms with E-state index in [0.717, 1.165) is 0 Å². The standard InChI is InChI=1S/C7H12O3/c1-3-4-5-7(2,10)6(8)9/h3-4,10H,5H2,1-2H3,(H,8,9)/b4-3+/t7-/m1/s1. The van der Waals surface area contributed by atoms with E-state index in [0.29, 0.717) is 0 Å². The van der Waals surface area contributed by atoms with E-state index in [2.05, 4.69) is 0 Å². The third-order valence-electron chi connectivity index (χ3n) is 1.21. The Balaban J connectivity index is 3.99. The Hall–Kier alpha value is -0.830. The second-order valence-electron chi connectivity index (χ2n) is 2.35. The van der Waals surface area contributed by atoms with Gasteiger partial charge in [-0.05, 0) is 13.8 Å². The topological polar surface area (TPSA) is 57.5 Å². The van der Waals surface area contributed by atoms with E-state index in [1.54, 1.807) is 19.1 Å². The highest BCUT2D eigenvalue weighted by atomic mass is 16.4. The Morgan fingerprint density at radius 3 is 2.50 bits per heavy atom. The van der Waals surface area contributed by atoms with Crippen LogP contribution in [0.25, 0.3) is 0 Å². The van der Waals surface area contributed by atoms with Crippen molar-refractivity contribution < 1.29 is 15.0 Å². The zero-order chi connectivity index (χ0) is 8.20. The molecule has 0 aliphatic heterocycles. The molecule has 0 fully saturated rings.